The first kappa shape index (κ1) is 12.8. The minimum Gasteiger partial charge on any atom is -0.343 e. The van der Waals surface area contributed by atoms with Crippen LogP contribution in [0.2, 0.25) is 0 Å². The molecule has 18 heavy (non-hydrogen) atoms. The van der Waals surface area contributed by atoms with Gasteiger partial charge in [0.15, 0.2) is 0 Å². The van der Waals surface area contributed by atoms with Crippen molar-refractivity contribution in [1.29, 1.82) is 0 Å². The van der Waals surface area contributed by atoms with E-state index in [9.17, 15) is 4.79 Å². The minimum atomic E-state index is -0.122. The Kier molecular flexibility index (Phi) is 4.10. The van der Waals surface area contributed by atoms with Crippen molar-refractivity contribution in [1.82, 2.24) is 10.3 Å². The SMILES string of the molecule is CC(C)[C@H](NC(=O)c1ccccn1)c1cccs1. The van der Waals surface area contributed by atoms with Crippen molar-refractivity contribution in [3.63, 3.8) is 0 Å². The molecule has 0 saturated heterocycles. The first-order chi connectivity index (χ1) is 8.68. The molecule has 2 aromatic rings. The predicted molar refractivity (Wildman–Crippen MR) is 73.6 cm³/mol. The Balaban J connectivity index is 2.13. The van der Waals surface area contributed by atoms with E-state index >= 15 is 0 Å². The van der Waals surface area contributed by atoms with Crippen LogP contribution in [0.3, 0.4) is 0 Å². The van der Waals surface area contributed by atoms with Crippen LogP contribution in [0, 0.1) is 5.92 Å². The maximum Gasteiger partial charge on any atom is 0.270 e. The highest BCUT2D eigenvalue weighted by molar-refractivity contribution is 7.10. The van der Waals surface area contributed by atoms with Crippen LogP contribution in [-0.4, -0.2) is 10.9 Å². The molecule has 0 aromatic carbocycles. The normalized spacial score (nSPS) is 12.4. The van der Waals surface area contributed by atoms with E-state index in [-0.39, 0.29) is 11.9 Å². The maximum atomic E-state index is 12.1. The average molecular weight is 260 g/mol. The Labute approximate surface area is 111 Å². The lowest BCUT2D eigenvalue weighted by molar-refractivity contribution is 0.0921. The Morgan fingerprint density at radius 2 is 2.11 bits per heavy atom. The molecule has 0 fully saturated rings. The molecule has 2 aromatic heterocycles. The fourth-order valence-electron chi connectivity index (χ4n) is 1.75. The number of carbonyl (C=O) groups excluding carboxylic acids is 1. The quantitative estimate of drug-likeness (QED) is 0.916. The van der Waals surface area contributed by atoms with E-state index in [1.165, 1.54) is 4.88 Å². The molecule has 0 aliphatic rings. The summed E-state index contributed by atoms with van der Waals surface area (Å²) in [5.74, 6) is 0.221. The third-order valence-corrected chi connectivity index (χ3v) is 3.66. The van der Waals surface area contributed by atoms with Crippen LogP contribution in [0.5, 0.6) is 0 Å². The van der Waals surface area contributed by atoms with E-state index in [1.807, 2.05) is 23.6 Å². The second kappa shape index (κ2) is 5.78. The molecular weight excluding hydrogens is 244 g/mol. The summed E-state index contributed by atoms with van der Waals surface area (Å²) >= 11 is 1.66. The van der Waals surface area contributed by atoms with Gasteiger partial charge in [0.1, 0.15) is 5.69 Å². The number of hydrogen-bond acceptors (Lipinski definition) is 3. The van der Waals surface area contributed by atoms with Gasteiger partial charge in [0.05, 0.1) is 6.04 Å². The zero-order chi connectivity index (χ0) is 13.0. The van der Waals surface area contributed by atoms with Crippen LogP contribution in [0.15, 0.2) is 41.9 Å². The maximum absolute atomic E-state index is 12.1. The van der Waals surface area contributed by atoms with Crippen LogP contribution >= 0.6 is 11.3 Å². The second-order valence-electron chi connectivity index (χ2n) is 4.43. The molecule has 1 atom stereocenters. The molecular formula is C14H16N2OS. The highest BCUT2D eigenvalue weighted by atomic mass is 32.1. The molecule has 1 amide bonds. The number of amides is 1. The van der Waals surface area contributed by atoms with Crippen LogP contribution in [0.4, 0.5) is 0 Å². The molecule has 0 aliphatic heterocycles. The van der Waals surface area contributed by atoms with Gasteiger partial charge in [-0.25, -0.2) is 0 Å². The fourth-order valence-corrected chi connectivity index (χ4v) is 2.70. The van der Waals surface area contributed by atoms with Crippen LogP contribution in [-0.2, 0) is 0 Å². The summed E-state index contributed by atoms with van der Waals surface area (Å²) in [7, 11) is 0. The van der Waals surface area contributed by atoms with E-state index in [4.69, 9.17) is 0 Å². The van der Waals surface area contributed by atoms with Gasteiger partial charge in [0, 0.05) is 11.1 Å². The topological polar surface area (TPSA) is 42.0 Å². The number of carbonyl (C=O) groups is 1. The van der Waals surface area contributed by atoms with Gasteiger partial charge >= 0.3 is 0 Å². The summed E-state index contributed by atoms with van der Waals surface area (Å²) in [6, 6.07) is 9.43. The van der Waals surface area contributed by atoms with Crippen LogP contribution in [0.1, 0.15) is 35.3 Å². The molecule has 0 spiro atoms. The van der Waals surface area contributed by atoms with Gasteiger partial charge in [0.25, 0.3) is 5.91 Å². The molecule has 1 N–H and O–H groups in total. The zero-order valence-electron chi connectivity index (χ0n) is 10.5. The highest BCUT2D eigenvalue weighted by Crippen LogP contribution is 2.25. The summed E-state index contributed by atoms with van der Waals surface area (Å²) in [5, 5.41) is 5.07. The summed E-state index contributed by atoms with van der Waals surface area (Å²) in [6.45, 7) is 4.20. The van der Waals surface area contributed by atoms with E-state index in [0.717, 1.165) is 0 Å². The molecule has 2 heterocycles. The van der Waals surface area contributed by atoms with Gasteiger partial charge < -0.3 is 5.32 Å². The zero-order valence-corrected chi connectivity index (χ0v) is 11.3. The Morgan fingerprint density at radius 3 is 2.67 bits per heavy atom. The first-order valence-corrected chi connectivity index (χ1v) is 6.81. The van der Waals surface area contributed by atoms with E-state index in [1.54, 1.807) is 29.7 Å². The van der Waals surface area contributed by atoms with Crippen molar-refractivity contribution in [2.24, 2.45) is 5.92 Å². The lowest BCUT2D eigenvalue weighted by Gasteiger charge is -2.20. The van der Waals surface area contributed by atoms with Gasteiger partial charge in [-0.15, -0.1) is 11.3 Å². The predicted octanol–water partition coefficient (Wildman–Crippen LogP) is 3.27. The van der Waals surface area contributed by atoms with Crippen molar-refractivity contribution in [2.45, 2.75) is 19.9 Å². The molecule has 2 rings (SSSR count). The molecule has 0 saturated carbocycles. The van der Waals surface area contributed by atoms with Gasteiger partial charge in [-0.05, 0) is 29.5 Å². The number of nitrogens with one attached hydrogen (secondary N) is 1. The Hall–Kier alpha value is -1.68. The fraction of sp³-hybridized carbons (Fsp3) is 0.286. The van der Waals surface area contributed by atoms with Gasteiger partial charge in [0.2, 0.25) is 0 Å². The molecule has 4 heteroatoms. The number of nitrogens with zero attached hydrogens (tertiary/aromatic N) is 1. The van der Waals surface area contributed by atoms with Gasteiger partial charge in [-0.1, -0.05) is 26.0 Å². The van der Waals surface area contributed by atoms with Crippen LogP contribution < -0.4 is 5.32 Å². The largest absolute Gasteiger partial charge is 0.343 e. The van der Waals surface area contributed by atoms with Crippen LogP contribution in [0.25, 0.3) is 0 Å². The third-order valence-electron chi connectivity index (χ3n) is 2.70. The lowest BCUT2D eigenvalue weighted by atomic mass is 10.0. The molecule has 94 valence electrons. The molecule has 0 aliphatic carbocycles. The standard InChI is InChI=1S/C14H16N2OS/c1-10(2)13(12-7-5-9-18-12)16-14(17)11-6-3-4-8-15-11/h3-10,13H,1-2H3,(H,16,17)/t13-/m0/s1. The number of thiophene rings is 1. The second-order valence-corrected chi connectivity index (χ2v) is 5.40. The average Bonchev–Trinajstić information content (AvgIpc) is 2.90. The Morgan fingerprint density at radius 1 is 1.28 bits per heavy atom. The highest BCUT2D eigenvalue weighted by Gasteiger charge is 2.20. The number of pyridine rings is 1. The number of rotatable bonds is 4. The summed E-state index contributed by atoms with van der Waals surface area (Å²) in [6.07, 6.45) is 1.63. The van der Waals surface area contributed by atoms with Crippen molar-refractivity contribution in [3.05, 3.63) is 52.5 Å². The first-order valence-electron chi connectivity index (χ1n) is 5.94. The number of hydrogen-bond donors (Lipinski definition) is 1. The lowest BCUT2D eigenvalue weighted by Crippen LogP contribution is -2.31. The summed E-state index contributed by atoms with van der Waals surface area (Å²) in [4.78, 5) is 17.3. The molecule has 3 nitrogen and oxygen atoms in total. The Bertz CT molecular complexity index is 494. The van der Waals surface area contributed by atoms with Gasteiger partial charge in [-0.2, -0.15) is 0 Å². The summed E-state index contributed by atoms with van der Waals surface area (Å²) < 4.78 is 0. The van der Waals surface area contributed by atoms with E-state index < -0.39 is 0 Å². The molecule has 0 unspecified atom stereocenters. The van der Waals surface area contributed by atoms with Crippen molar-refractivity contribution in [2.75, 3.05) is 0 Å². The monoisotopic (exact) mass is 260 g/mol. The van der Waals surface area contributed by atoms with Crippen molar-refractivity contribution in [3.8, 4) is 0 Å². The van der Waals surface area contributed by atoms with Crippen molar-refractivity contribution >= 4 is 17.2 Å². The van der Waals surface area contributed by atoms with E-state index in [2.05, 4.69) is 24.1 Å². The smallest absolute Gasteiger partial charge is 0.270 e. The van der Waals surface area contributed by atoms with Crippen molar-refractivity contribution < 1.29 is 4.79 Å². The minimum absolute atomic E-state index is 0.0412. The summed E-state index contributed by atoms with van der Waals surface area (Å²) in [5.41, 5.74) is 0.458. The molecule has 0 bridgehead atoms. The van der Waals surface area contributed by atoms with E-state index in [0.29, 0.717) is 11.6 Å². The third kappa shape index (κ3) is 2.96. The number of aromatic nitrogens is 1. The molecule has 0 radical (unpaired) electrons. The van der Waals surface area contributed by atoms with Gasteiger partial charge in [-0.3, -0.25) is 9.78 Å².